The van der Waals surface area contributed by atoms with E-state index in [4.69, 9.17) is 0 Å². The summed E-state index contributed by atoms with van der Waals surface area (Å²) < 4.78 is 0. The third-order valence-corrected chi connectivity index (χ3v) is 9.18. The van der Waals surface area contributed by atoms with E-state index in [1.165, 1.54) is 77.0 Å². The number of benzene rings is 2. The minimum atomic E-state index is 0.375. The molecular weight excluding hydrogens is 360 g/mol. The highest BCUT2D eigenvalue weighted by Crippen LogP contribution is 2.76. The van der Waals surface area contributed by atoms with Gasteiger partial charge in [0.05, 0.1) is 0 Å². The van der Waals surface area contributed by atoms with Crippen LogP contribution in [0.25, 0.3) is 0 Å². The van der Waals surface area contributed by atoms with Crippen molar-refractivity contribution in [3.63, 3.8) is 0 Å². The van der Waals surface area contributed by atoms with Crippen LogP contribution in [0.2, 0.25) is 0 Å². The van der Waals surface area contributed by atoms with Gasteiger partial charge >= 0.3 is 0 Å². The van der Waals surface area contributed by atoms with Crippen LogP contribution in [-0.4, -0.2) is 0 Å². The largest absolute Gasteiger partial charge is 0.0622 e. The average molecular weight is 397 g/mol. The molecule has 156 valence electrons. The van der Waals surface area contributed by atoms with E-state index in [2.05, 4.69) is 60.7 Å². The van der Waals surface area contributed by atoms with Gasteiger partial charge in [-0.3, -0.25) is 0 Å². The zero-order valence-corrected chi connectivity index (χ0v) is 18.4. The molecule has 0 heterocycles. The van der Waals surface area contributed by atoms with Crippen molar-refractivity contribution in [1.29, 1.82) is 0 Å². The van der Waals surface area contributed by atoms with Crippen molar-refractivity contribution in [2.45, 2.75) is 87.9 Å². The van der Waals surface area contributed by atoms with E-state index in [0.717, 1.165) is 11.8 Å². The number of hydrogen-bond acceptors (Lipinski definition) is 0. The second-order valence-electron chi connectivity index (χ2n) is 10.5. The van der Waals surface area contributed by atoms with E-state index in [9.17, 15) is 0 Å². The fraction of sp³-hybridized carbons (Fsp3) is 0.533. The van der Waals surface area contributed by atoms with E-state index in [1.54, 1.807) is 11.1 Å². The van der Waals surface area contributed by atoms with Crippen LogP contribution in [0.5, 0.6) is 0 Å². The second-order valence-corrected chi connectivity index (χ2v) is 10.5. The molecule has 0 heteroatoms. The molecular formula is C30H36. The van der Waals surface area contributed by atoms with Gasteiger partial charge < -0.3 is 0 Å². The van der Waals surface area contributed by atoms with Gasteiger partial charge in [-0.1, -0.05) is 123 Å². The lowest BCUT2D eigenvalue weighted by Gasteiger charge is -2.21. The van der Waals surface area contributed by atoms with Gasteiger partial charge in [0.2, 0.25) is 0 Å². The van der Waals surface area contributed by atoms with Crippen LogP contribution >= 0.6 is 0 Å². The molecule has 0 saturated heterocycles. The van der Waals surface area contributed by atoms with Crippen molar-refractivity contribution in [2.24, 2.45) is 11.8 Å². The maximum atomic E-state index is 2.45. The van der Waals surface area contributed by atoms with Gasteiger partial charge in [0, 0.05) is 10.8 Å². The van der Waals surface area contributed by atoms with E-state index in [0.29, 0.717) is 10.8 Å². The highest BCUT2D eigenvalue weighted by Gasteiger charge is 2.70. The third-order valence-electron chi connectivity index (χ3n) is 9.18. The monoisotopic (exact) mass is 396 g/mol. The topological polar surface area (TPSA) is 0 Å². The predicted molar refractivity (Wildman–Crippen MR) is 126 cm³/mol. The minimum Gasteiger partial charge on any atom is -0.0622 e. The number of allylic oxidation sites excluding steroid dienone is 2. The van der Waals surface area contributed by atoms with Gasteiger partial charge in [-0.15, -0.1) is 0 Å². The summed E-state index contributed by atoms with van der Waals surface area (Å²) in [5, 5.41) is 0. The van der Waals surface area contributed by atoms with Crippen molar-refractivity contribution in [1.82, 2.24) is 0 Å². The molecule has 0 aliphatic heterocycles. The van der Waals surface area contributed by atoms with Gasteiger partial charge in [0.1, 0.15) is 0 Å². The molecule has 0 nitrogen and oxygen atoms in total. The van der Waals surface area contributed by atoms with E-state index < -0.39 is 0 Å². The Hall–Kier alpha value is -1.82. The zero-order valence-electron chi connectivity index (χ0n) is 18.4. The Kier molecular flexibility index (Phi) is 4.66. The maximum Gasteiger partial charge on any atom is 0.0233 e. The molecule has 4 unspecified atom stereocenters. The van der Waals surface area contributed by atoms with Gasteiger partial charge in [0.25, 0.3) is 0 Å². The Labute approximate surface area is 182 Å². The molecule has 4 fully saturated rings. The fourth-order valence-electron chi connectivity index (χ4n) is 7.83. The summed E-state index contributed by atoms with van der Waals surface area (Å²) in [6, 6.07) is 23.3. The predicted octanol–water partition coefficient (Wildman–Crippen LogP) is 8.13. The lowest BCUT2D eigenvalue weighted by molar-refractivity contribution is 0.443. The highest BCUT2D eigenvalue weighted by atomic mass is 14.7. The molecule has 0 amide bonds. The van der Waals surface area contributed by atoms with Crippen molar-refractivity contribution in [2.75, 3.05) is 0 Å². The van der Waals surface area contributed by atoms with Crippen LogP contribution in [0.15, 0.2) is 71.8 Å². The summed E-state index contributed by atoms with van der Waals surface area (Å²) in [5.41, 5.74) is 7.85. The summed E-state index contributed by atoms with van der Waals surface area (Å²) in [6.07, 6.45) is 17.0. The minimum absolute atomic E-state index is 0.375. The summed E-state index contributed by atoms with van der Waals surface area (Å²) in [4.78, 5) is 0. The molecule has 0 spiro atoms. The molecule has 4 aliphatic carbocycles. The van der Waals surface area contributed by atoms with Crippen LogP contribution in [-0.2, 0) is 10.8 Å². The number of rotatable bonds is 2. The van der Waals surface area contributed by atoms with Crippen molar-refractivity contribution in [3.8, 4) is 0 Å². The Balaban J connectivity index is 1.51. The van der Waals surface area contributed by atoms with Crippen LogP contribution in [0, 0.1) is 11.8 Å². The van der Waals surface area contributed by atoms with Crippen LogP contribution in [0.4, 0.5) is 0 Å². The lowest BCUT2D eigenvalue weighted by atomic mass is 9.83. The van der Waals surface area contributed by atoms with Gasteiger partial charge in [-0.05, 0) is 48.6 Å². The molecule has 0 bridgehead atoms. The smallest absolute Gasteiger partial charge is 0.0233 e. The Morgan fingerprint density at radius 3 is 1.30 bits per heavy atom. The fourth-order valence-corrected chi connectivity index (χ4v) is 7.83. The van der Waals surface area contributed by atoms with Crippen molar-refractivity contribution >= 4 is 0 Å². The quantitative estimate of drug-likeness (QED) is 0.449. The lowest BCUT2D eigenvalue weighted by Crippen LogP contribution is -2.13. The first-order valence-corrected chi connectivity index (χ1v) is 12.7. The van der Waals surface area contributed by atoms with Crippen LogP contribution in [0.3, 0.4) is 0 Å². The summed E-state index contributed by atoms with van der Waals surface area (Å²) in [6.45, 7) is 0. The molecule has 2 aromatic carbocycles. The Bertz CT molecular complexity index is 846. The van der Waals surface area contributed by atoms with Crippen LogP contribution < -0.4 is 0 Å². The highest BCUT2D eigenvalue weighted by molar-refractivity contribution is 5.67. The molecule has 6 rings (SSSR count). The summed E-state index contributed by atoms with van der Waals surface area (Å²) in [7, 11) is 0. The molecule has 0 N–H and O–H groups in total. The normalized spacial score (nSPS) is 38.3. The molecule has 0 radical (unpaired) electrons. The molecule has 30 heavy (non-hydrogen) atoms. The first-order valence-electron chi connectivity index (χ1n) is 12.7. The molecule has 4 atom stereocenters. The maximum absolute atomic E-state index is 2.45. The van der Waals surface area contributed by atoms with Crippen molar-refractivity contribution in [3.05, 3.63) is 82.9 Å². The molecule has 0 aromatic heterocycles. The molecule has 4 aliphatic rings. The van der Waals surface area contributed by atoms with Gasteiger partial charge in [0.15, 0.2) is 0 Å². The summed E-state index contributed by atoms with van der Waals surface area (Å²) >= 11 is 0. The number of fused-ring (bicyclic) bond motifs is 2. The Morgan fingerprint density at radius 2 is 0.867 bits per heavy atom. The first kappa shape index (κ1) is 18.9. The Morgan fingerprint density at radius 1 is 0.467 bits per heavy atom. The summed E-state index contributed by atoms with van der Waals surface area (Å²) in [5.74, 6) is 1.65. The number of hydrogen-bond donors (Lipinski definition) is 0. The van der Waals surface area contributed by atoms with E-state index in [-0.39, 0.29) is 0 Å². The molecule has 2 aromatic rings. The van der Waals surface area contributed by atoms with Gasteiger partial charge in [-0.25, -0.2) is 0 Å². The SMILES string of the molecule is c1ccc(C23CCCCCCC2/C3=C2/C3CCCCCCC23c2ccccc2)cc1. The van der Waals surface area contributed by atoms with E-state index >= 15 is 0 Å². The average Bonchev–Trinajstić information content (AvgIpc) is 3.59. The van der Waals surface area contributed by atoms with Crippen molar-refractivity contribution < 1.29 is 0 Å². The third kappa shape index (κ3) is 2.72. The second kappa shape index (κ2) is 7.40. The zero-order chi connectivity index (χ0) is 20.0. The molecule has 4 saturated carbocycles. The van der Waals surface area contributed by atoms with E-state index in [1.807, 2.05) is 11.1 Å². The van der Waals surface area contributed by atoms with Crippen LogP contribution in [0.1, 0.15) is 88.2 Å². The van der Waals surface area contributed by atoms with Gasteiger partial charge in [-0.2, -0.15) is 0 Å². The first-order chi connectivity index (χ1) is 14.9. The standard InChI is InChI=1S/C30H36/c1-3-13-21-29(23-15-7-5-8-16-23)25(19-11-1)27(29)28-26-20-12-2-4-14-22-30(26,28)24-17-9-6-10-18-24/h5-10,15-18,25-26H,1-4,11-14,19-22H2/b28-27+.